The maximum Gasteiger partial charge on any atom is 0.229 e. The predicted octanol–water partition coefficient (Wildman–Crippen LogP) is 4.81. The predicted molar refractivity (Wildman–Crippen MR) is 111 cm³/mol. The Morgan fingerprint density at radius 2 is 2.12 bits per heavy atom. The van der Waals surface area contributed by atoms with E-state index < -0.39 is 0 Å². The highest BCUT2D eigenvalue weighted by Gasteiger charge is 2.24. The molecule has 0 radical (unpaired) electrons. The van der Waals surface area contributed by atoms with Gasteiger partial charge in [0.25, 0.3) is 0 Å². The van der Waals surface area contributed by atoms with Gasteiger partial charge in [-0.2, -0.15) is 4.98 Å². The molecule has 0 spiro atoms. The lowest BCUT2D eigenvalue weighted by Crippen LogP contribution is -2.26. The minimum absolute atomic E-state index is 0.498. The molecule has 0 saturated carbocycles. The van der Waals surface area contributed by atoms with Gasteiger partial charge >= 0.3 is 0 Å². The number of fused-ring (bicyclic) bond motifs is 1. The largest absolute Gasteiger partial charge is 0.380 e. The molecule has 0 unspecified atom stereocenters. The molecule has 5 nitrogen and oxygen atoms in total. The molecule has 0 amide bonds. The van der Waals surface area contributed by atoms with E-state index in [9.17, 15) is 0 Å². The van der Waals surface area contributed by atoms with E-state index in [1.807, 2.05) is 6.92 Å². The Labute approximate surface area is 164 Å². The van der Waals surface area contributed by atoms with Crippen LogP contribution >= 0.6 is 15.9 Å². The lowest BCUT2D eigenvalue weighted by atomic mass is 10.0. The Bertz CT molecular complexity index is 779. The number of rotatable bonds is 7. The van der Waals surface area contributed by atoms with Gasteiger partial charge in [0, 0.05) is 35.4 Å². The first kappa shape index (κ1) is 19.1. The molecule has 2 heterocycles. The van der Waals surface area contributed by atoms with Crippen molar-refractivity contribution in [2.45, 2.75) is 40.0 Å². The fourth-order valence-electron chi connectivity index (χ4n) is 3.19. The third-order valence-electron chi connectivity index (χ3n) is 4.74. The van der Waals surface area contributed by atoms with Crippen molar-refractivity contribution in [3.63, 3.8) is 0 Å². The van der Waals surface area contributed by atoms with Crippen LogP contribution in [-0.2, 0) is 11.2 Å². The van der Waals surface area contributed by atoms with Crippen LogP contribution < -0.4 is 10.2 Å². The Kier molecular flexibility index (Phi) is 6.14. The van der Waals surface area contributed by atoms with Crippen molar-refractivity contribution < 1.29 is 4.74 Å². The summed E-state index contributed by atoms with van der Waals surface area (Å²) in [6, 6.07) is 6.38. The van der Waals surface area contributed by atoms with E-state index >= 15 is 0 Å². The number of anilines is 3. The van der Waals surface area contributed by atoms with Crippen LogP contribution in [0.15, 0.2) is 22.7 Å². The fourth-order valence-corrected chi connectivity index (χ4v) is 3.69. The zero-order valence-corrected chi connectivity index (χ0v) is 17.6. The Morgan fingerprint density at radius 3 is 2.81 bits per heavy atom. The number of benzene rings is 1. The van der Waals surface area contributed by atoms with Crippen LogP contribution in [0.25, 0.3) is 0 Å². The second-order valence-electron chi connectivity index (χ2n) is 6.89. The summed E-state index contributed by atoms with van der Waals surface area (Å²) in [5.41, 5.74) is 4.58. The highest BCUT2D eigenvalue weighted by Crippen LogP contribution is 2.32. The van der Waals surface area contributed by atoms with E-state index in [0.717, 1.165) is 54.4 Å². The van der Waals surface area contributed by atoms with Crippen molar-refractivity contribution >= 4 is 33.4 Å². The van der Waals surface area contributed by atoms with Crippen LogP contribution in [0.2, 0.25) is 0 Å². The number of hydrogen-bond acceptors (Lipinski definition) is 5. The molecule has 0 atom stereocenters. The van der Waals surface area contributed by atoms with Crippen molar-refractivity contribution in [1.82, 2.24) is 9.97 Å². The van der Waals surface area contributed by atoms with Gasteiger partial charge in [0.15, 0.2) is 0 Å². The number of aryl methyl sites for hydroxylation is 1. The van der Waals surface area contributed by atoms with Gasteiger partial charge < -0.3 is 15.0 Å². The van der Waals surface area contributed by atoms with E-state index in [1.165, 1.54) is 11.1 Å². The summed E-state index contributed by atoms with van der Waals surface area (Å²) < 4.78 is 6.53. The third kappa shape index (κ3) is 4.18. The molecule has 140 valence electrons. The lowest BCUT2D eigenvalue weighted by Gasteiger charge is -2.19. The molecule has 2 aromatic rings. The molecule has 0 saturated heterocycles. The zero-order valence-electron chi connectivity index (χ0n) is 16.0. The fraction of sp³-hybridized carbons (Fsp3) is 0.500. The molecule has 0 aliphatic carbocycles. The van der Waals surface area contributed by atoms with E-state index in [1.54, 1.807) is 0 Å². The van der Waals surface area contributed by atoms with E-state index in [-0.39, 0.29) is 0 Å². The normalized spacial score (nSPS) is 13.4. The standard InChI is InChI=1S/C20H27BrN4O/c1-5-26-11-10-25-9-8-16-14(4)22-20(24-19(16)25)23-18-7-6-15(13(2)3)12-17(18)21/h6-7,12-13H,5,8-11H2,1-4H3,(H,22,23,24). The van der Waals surface area contributed by atoms with Crippen LogP contribution in [0, 0.1) is 6.92 Å². The van der Waals surface area contributed by atoms with Crippen LogP contribution in [0.3, 0.4) is 0 Å². The molecule has 26 heavy (non-hydrogen) atoms. The second kappa shape index (κ2) is 8.35. The highest BCUT2D eigenvalue weighted by atomic mass is 79.9. The minimum atomic E-state index is 0.498. The van der Waals surface area contributed by atoms with Gasteiger partial charge in [0.2, 0.25) is 5.95 Å². The summed E-state index contributed by atoms with van der Waals surface area (Å²) in [6.45, 7) is 11.8. The van der Waals surface area contributed by atoms with Crippen molar-refractivity contribution in [3.8, 4) is 0 Å². The highest BCUT2D eigenvalue weighted by molar-refractivity contribution is 9.10. The summed E-state index contributed by atoms with van der Waals surface area (Å²) in [6.07, 6.45) is 1.00. The quantitative estimate of drug-likeness (QED) is 0.653. The molecular weight excluding hydrogens is 392 g/mol. The topological polar surface area (TPSA) is 50.3 Å². The molecule has 1 aliphatic heterocycles. The summed E-state index contributed by atoms with van der Waals surface area (Å²) in [5.74, 6) is 2.18. The van der Waals surface area contributed by atoms with Gasteiger partial charge in [-0.15, -0.1) is 0 Å². The van der Waals surface area contributed by atoms with E-state index in [2.05, 4.69) is 70.1 Å². The van der Waals surface area contributed by atoms with Crippen molar-refractivity contribution in [1.29, 1.82) is 0 Å². The average Bonchev–Trinajstić information content (AvgIpc) is 3.00. The number of aromatic nitrogens is 2. The Morgan fingerprint density at radius 1 is 1.31 bits per heavy atom. The molecule has 6 heteroatoms. The van der Waals surface area contributed by atoms with E-state index in [4.69, 9.17) is 9.72 Å². The molecule has 1 N–H and O–H groups in total. The molecule has 1 aromatic carbocycles. The van der Waals surface area contributed by atoms with Gasteiger partial charge in [-0.05, 0) is 59.8 Å². The first-order chi connectivity index (χ1) is 12.5. The van der Waals surface area contributed by atoms with Gasteiger partial charge in [0.1, 0.15) is 5.82 Å². The van der Waals surface area contributed by atoms with Crippen LogP contribution in [-0.4, -0.2) is 36.3 Å². The lowest BCUT2D eigenvalue weighted by molar-refractivity contribution is 0.154. The Balaban J connectivity index is 1.81. The number of halogens is 1. The van der Waals surface area contributed by atoms with Gasteiger partial charge in [-0.25, -0.2) is 4.98 Å². The first-order valence-corrected chi connectivity index (χ1v) is 10.1. The molecule has 0 fully saturated rings. The maximum absolute atomic E-state index is 5.51. The van der Waals surface area contributed by atoms with Gasteiger partial charge in [-0.3, -0.25) is 0 Å². The van der Waals surface area contributed by atoms with Gasteiger partial charge in [-0.1, -0.05) is 19.9 Å². The smallest absolute Gasteiger partial charge is 0.229 e. The SMILES string of the molecule is CCOCCN1CCc2c(C)nc(Nc3ccc(C(C)C)cc3Br)nc21. The van der Waals surface area contributed by atoms with Crippen molar-refractivity contribution in [2.75, 3.05) is 36.5 Å². The van der Waals surface area contributed by atoms with Crippen LogP contribution in [0.1, 0.15) is 43.5 Å². The average molecular weight is 419 g/mol. The summed E-state index contributed by atoms with van der Waals surface area (Å²) in [5, 5.41) is 3.37. The Hall–Kier alpha value is -1.66. The van der Waals surface area contributed by atoms with Crippen molar-refractivity contribution in [2.24, 2.45) is 0 Å². The van der Waals surface area contributed by atoms with Crippen LogP contribution in [0.5, 0.6) is 0 Å². The van der Waals surface area contributed by atoms with E-state index in [0.29, 0.717) is 11.9 Å². The van der Waals surface area contributed by atoms with Crippen LogP contribution in [0.4, 0.5) is 17.5 Å². The second-order valence-corrected chi connectivity index (χ2v) is 7.74. The summed E-state index contributed by atoms with van der Waals surface area (Å²) in [4.78, 5) is 11.8. The molecule has 1 aliphatic rings. The zero-order chi connectivity index (χ0) is 18.7. The molecule has 3 rings (SSSR count). The monoisotopic (exact) mass is 418 g/mol. The minimum Gasteiger partial charge on any atom is -0.380 e. The number of nitrogens with one attached hydrogen (secondary N) is 1. The number of nitrogens with zero attached hydrogens (tertiary/aromatic N) is 3. The van der Waals surface area contributed by atoms with Gasteiger partial charge in [0.05, 0.1) is 12.3 Å². The molecule has 1 aromatic heterocycles. The summed E-state index contributed by atoms with van der Waals surface area (Å²) >= 11 is 3.66. The molecular formula is C20H27BrN4O. The first-order valence-electron chi connectivity index (χ1n) is 9.26. The maximum atomic E-state index is 5.51. The number of hydrogen-bond donors (Lipinski definition) is 1. The van der Waals surface area contributed by atoms with Crippen molar-refractivity contribution in [3.05, 3.63) is 39.5 Å². The summed E-state index contributed by atoms with van der Waals surface area (Å²) in [7, 11) is 0. The third-order valence-corrected chi connectivity index (χ3v) is 5.40. The molecule has 0 bridgehead atoms. The number of ether oxygens (including phenoxy) is 1.